The first-order chi connectivity index (χ1) is 22.6. The Labute approximate surface area is 272 Å². The van der Waals surface area contributed by atoms with Gasteiger partial charge in [0.05, 0.1) is 23.2 Å². The predicted molar refractivity (Wildman–Crippen MR) is 164 cm³/mol. The SMILES string of the molecule is CCN(CC1CCCC1)c1nc2cc(F)cc(F)c2cc1CN(Cc1cc(C(F)(F)F)cc(C(F)(F)F)c1)c1nnn(CCN(C)C)n1. The third kappa shape index (κ3) is 8.49. The van der Waals surface area contributed by atoms with E-state index in [1.807, 2.05) is 30.8 Å². The number of aromatic nitrogens is 5. The lowest BCUT2D eigenvalue weighted by Crippen LogP contribution is -2.32. The molecule has 1 aliphatic rings. The summed E-state index contributed by atoms with van der Waals surface area (Å²) >= 11 is 0. The average Bonchev–Trinajstić information content (AvgIpc) is 3.70. The summed E-state index contributed by atoms with van der Waals surface area (Å²) in [6.45, 7) is 3.17. The van der Waals surface area contributed by atoms with Crippen molar-refractivity contribution in [2.45, 2.75) is 64.6 Å². The van der Waals surface area contributed by atoms with Crippen molar-refractivity contribution >= 4 is 22.7 Å². The fourth-order valence-electron chi connectivity index (χ4n) is 5.97. The van der Waals surface area contributed by atoms with Crippen molar-refractivity contribution < 1.29 is 35.1 Å². The average molecular weight is 685 g/mol. The van der Waals surface area contributed by atoms with Gasteiger partial charge < -0.3 is 14.7 Å². The summed E-state index contributed by atoms with van der Waals surface area (Å²) in [7, 11) is 3.67. The van der Waals surface area contributed by atoms with E-state index in [9.17, 15) is 30.7 Å². The van der Waals surface area contributed by atoms with E-state index in [-0.39, 0.29) is 35.0 Å². The molecule has 0 amide bonds. The molecule has 8 nitrogen and oxygen atoms in total. The largest absolute Gasteiger partial charge is 0.416 e. The second-order valence-electron chi connectivity index (χ2n) is 12.4. The van der Waals surface area contributed by atoms with Gasteiger partial charge >= 0.3 is 12.4 Å². The molecule has 1 aliphatic carbocycles. The first-order valence-corrected chi connectivity index (χ1v) is 15.6. The van der Waals surface area contributed by atoms with Crippen molar-refractivity contribution in [3.05, 3.63) is 70.3 Å². The summed E-state index contributed by atoms with van der Waals surface area (Å²) in [5.41, 5.74) is -2.74. The van der Waals surface area contributed by atoms with Crippen LogP contribution in [-0.2, 0) is 32.0 Å². The highest BCUT2D eigenvalue weighted by molar-refractivity contribution is 5.83. The molecule has 2 aromatic carbocycles. The molecule has 2 heterocycles. The molecule has 5 rings (SSSR count). The van der Waals surface area contributed by atoms with Gasteiger partial charge in [-0.3, -0.25) is 0 Å². The van der Waals surface area contributed by atoms with Gasteiger partial charge in [0.15, 0.2) is 0 Å². The number of tetrazole rings is 1. The van der Waals surface area contributed by atoms with Crippen LogP contribution in [0.25, 0.3) is 10.9 Å². The second kappa shape index (κ2) is 14.2. The molecule has 0 N–H and O–H groups in total. The van der Waals surface area contributed by atoms with E-state index < -0.39 is 41.7 Å². The molecule has 0 spiro atoms. The number of fused-ring (bicyclic) bond motifs is 1. The van der Waals surface area contributed by atoms with Gasteiger partial charge in [0, 0.05) is 55.8 Å². The Morgan fingerprint density at radius 3 is 2.12 bits per heavy atom. The van der Waals surface area contributed by atoms with Gasteiger partial charge in [-0.1, -0.05) is 17.9 Å². The van der Waals surface area contributed by atoms with E-state index in [0.717, 1.165) is 37.8 Å². The third-order valence-electron chi connectivity index (χ3n) is 8.39. The van der Waals surface area contributed by atoms with Gasteiger partial charge in [-0.05, 0) is 74.8 Å². The monoisotopic (exact) mass is 684 g/mol. The smallest absolute Gasteiger partial charge is 0.356 e. The fraction of sp³-hybridized carbons (Fsp3) is 0.500. The maximum Gasteiger partial charge on any atom is 0.416 e. The van der Waals surface area contributed by atoms with Crippen LogP contribution >= 0.6 is 0 Å². The van der Waals surface area contributed by atoms with Crippen molar-refractivity contribution in [1.29, 1.82) is 0 Å². The van der Waals surface area contributed by atoms with Gasteiger partial charge in [-0.15, -0.1) is 5.10 Å². The minimum Gasteiger partial charge on any atom is -0.356 e. The predicted octanol–water partition coefficient (Wildman–Crippen LogP) is 7.32. The van der Waals surface area contributed by atoms with Crippen molar-refractivity contribution in [2.24, 2.45) is 5.92 Å². The highest BCUT2D eigenvalue weighted by Crippen LogP contribution is 2.37. The van der Waals surface area contributed by atoms with E-state index in [2.05, 4.69) is 20.4 Å². The number of benzene rings is 2. The van der Waals surface area contributed by atoms with Crippen LogP contribution < -0.4 is 9.80 Å². The Bertz CT molecular complexity index is 1680. The normalized spacial score (nSPS) is 14.4. The maximum atomic E-state index is 15.1. The van der Waals surface area contributed by atoms with Gasteiger partial charge in [0.2, 0.25) is 0 Å². The Morgan fingerprint density at radius 2 is 1.52 bits per heavy atom. The number of alkyl halides is 6. The molecule has 16 heteroatoms. The summed E-state index contributed by atoms with van der Waals surface area (Å²) in [6.07, 6.45) is -5.91. The van der Waals surface area contributed by atoms with E-state index in [1.165, 1.54) is 15.8 Å². The van der Waals surface area contributed by atoms with Crippen LogP contribution in [0.5, 0.6) is 0 Å². The van der Waals surface area contributed by atoms with E-state index >= 15 is 4.39 Å². The van der Waals surface area contributed by atoms with Crippen LogP contribution in [0, 0.1) is 17.6 Å². The van der Waals surface area contributed by atoms with Crippen LogP contribution in [-0.4, -0.2) is 63.8 Å². The second-order valence-corrected chi connectivity index (χ2v) is 12.4. The molecule has 1 saturated carbocycles. The quantitative estimate of drug-likeness (QED) is 0.145. The van der Waals surface area contributed by atoms with Crippen molar-refractivity contribution in [3.63, 3.8) is 0 Å². The first-order valence-electron chi connectivity index (χ1n) is 15.6. The van der Waals surface area contributed by atoms with Crippen molar-refractivity contribution in [1.82, 2.24) is 30.1 Å². The lowest BCUT2D eigenvalue weighted by molar-refractivity contribution is -0.143. The van der Waals surface area contributed by atoms with Crippen molar-refractivity contribution in [2.75, 3.05) is 43.5 Å². The fourth-order valence-corrected chi connectivity index (χ4v) is 5.97. The molecule has 0 aliphatic heterocycles. The standard InChI is InChI=1S/C32H36F8N8/c1-4-46(17-20-7-5-6-8-20)29-22(13-26-27(34)15-25(33)16-28(26)41-29)19-47(30-42-44-48(43-30)10-9-45(2)3)18-21-11-23(31(35,36)37)14-24(12-21)32(38,39)40/h11-16,20H,4-10,17-19H2,1-3H3. The first kappa shape index (κ1) is 35.2. The summed E-state index contributed by atoms with van der Waals surface area (Å²) < 4.78 is 112. The molecule has 0 bridgehead atoms. The molecule has 2 aromatic heterocycles. The van der Waals surface area contributed by atoms with Gasteiger partial charge in [-0.2, -0.15) is 31.1 Å². The van der Waals surface area contributed by atoms with E-state index in [4.69, 9.17) is 0 Å². The molecule has 48 heavy (non-hydrogen) atoms. The number of hydrogen-bond donors (Lipinski definition) is 0. The number of likely N-dealkylation sites (N-methyl/N-ethyl adjacent to an activating group) is 1. The number of anilines is 2. The van der Waals surface area contributed by atoms with E-state index in [1.54, 1.807) is 0 Å². The molecule has 260 valence electrons. The van der Waals surface area contributed by atoms with Crippen molar-refractivity contribution in [3.8, 4) is 0 Å². The van der Waals surface area contributed by atoms with Gasteiger partial charge in [0.1, 0.15) is 17.5 Å². The lowest BCUT2D eigenvalue weighted by atomic mass is 10.0. The molecular formula is C32H36F8N8. The van der Waals surface area contributed by atoms with Crippen LogP contribution in [0.15, 0.2) is 36.4 Å². The van der Waals surface area contributed by atoms with Gasteiger partial charge in [-0.25, -0.2) is 13.8 Å². The summed E-state index contributed by atoms with van der Waals surface area (Å²) in [5.74, 6) is -0.984. The van der Waals surface area contributed by atoms with Crippen LogP contribution in [0.2, 0.25) is 0 Å². The molecule has 0 atom stereocenters. The van der Waals surface area contributed by atoms with E-state index in [0.29, 0.717) is 55.6 Å². The molecule has 0 unspecified atom stereocenters. The third-order valence-corrected chi connectivity index (χ3v) is 8.39. The Kier molecular flexibility index (Phi) is 10.4. The zero-order valence-corrected chi connectivity index (χ0v) is 26.7. The highest BCUT2D eigenvalue weighted by atomic mass is 19.4. The zero-order valence-electron chi connectivity index (χ0n) is 26.7. The number of rotatable bonds is 12. The summed E-state index contributed by atoms with van der Waals surface area (Å²) in [4.78, 5) is 11.2. The topological polar surface area (TPSA) is 66.2 Å². The van der Waals surface area contributed by atoms with Gasteiger partial charge in [0.25, 0.3) is 5.95 Å². The van der Waals surface area contributed by atoms with Crippen LogP contribution in [0.3, 0.4) is 0 Å². The highest BCUT2D eigenvalue weighted by Gasteiger charge is 2.37. The number of nitrogens with zero attached hydrogens (tertiary/aromatic N) is 8. The number of hydrogen-bond acceptors (Lipinski definition) is 7. The Hall–Kier alpha value is -4.08. The molecule has 0 saturated heterocycles. The van der Waals surface area contributed by atoms with Crippen LogP contribution in [0.4, 0.5) is 46.9 Å². The minimum absolute atomic E-state index is 0.00745. The Morgan fingerprint density at radius 1 is 0.854 bits per heavy atom. The Balaban J connectivity index is 1.62. The number of pyridine rings is 1. The summed E-state index contributed by atoms with van der Waals surface area (Å²) in [6, 6.07) is 4.70. The van der Waals surface area contributed by atoms with Crippen LogP contribution in [0.1, 0.15) is 54.9 Å². The maximum absolute atomic E-state index is 15.1. The molecule has 1 fully saturated rings. The lowest BCUT2D eigenvalue weighted by Gasteiger charge is -2.30. The molecule has 0 radical (unpaired) electrons. The number of halogens is 8. The summed E-state index contributed by atoms with van der Waals surface area (Å²) in [5, 5.41) is 12.5. The molecule has 4 aromatic rings. The minimum atomic E-state index is -5.04. The molecular weight excluding hydrogens is 648 g/mol. The zero-order chi connectivity index (χ0) is 34.8.